The predicted octanol–water partition coefficient (Wildman–Crippen LogP) is 3.28. The highest BCUT2D eigenvalue weighted by atomic mass is 32.2. The highest BCUT2D eigenvalue weighted by Gasteiger charge is 2.53. The van der Waals surface area contributed by atoms with Gasteiger partial charge in [-0.25, -0.2) is 0 Å². The Morgan fingerprint density at radius 2 is 1.68 bits per heavy atom. The lowest BCUT2D eigenvalue weighted by Crippen LogP contribution is -2.41. The fourth-order valence-electron chi connectivity index (χ4n) is 3.13. The summed E-state index contributed by atoms with van der Waals surface area (Å²) in [6.45, 7) is 1.76. The summed E-state index contributed by atoms with van der Waals surface area (Å²) in [6, 6.07) is 17.0. The van der Waals surface area contributed by atoms with E-state index < -0.39 is 21.8 Å². The SMILES string of the molecule is C[C@@]12OS(=O)(=O)C=C1c1ccccc1O[C@H]2c1ccccc1. The van der Waals surface area contributed by atoms with E-state index in [2.05, 4.69) is 0 Å². The van der Waals surface area contributed by atoms with Gasteiger partial charge < -0.3 is 4.74 Å². The van der Waals surface area contributed by atoms with Crippen molar-refractivity contribution in [3.8, 4) is 5.75 Å². The molecule has 0 saturated heterocycles. The number of para-hydroxylation sites is 1. The average Bonchev–Trinajstić information content (AvgIpc) is 2.77. The molecule has 4 rings (SSSR count). The number of ether oxygens (including phenoxy) is 1. The lowest BCUT2D eigenvalue weighted by molar-refractivity contribution is 0.0169. The topological polar surface area (TPSA) is 52.6 Å². The molecule has 2 aromatic carbocycles. The molecule has 22 heavy (non-hydrogen) atoms. The third-order valence-electron chi connectivity index (χ3n) is 4.11. The first-order valence-corrected chi connectivity index (χ1v) is 8.46. The van der Waals surface area contributed by atoms with E-state index in [1.807, 2.05) is 54.6 Å². The Labute approximate surface area is 129 Å². The predicted molar refractivity (Wildman–Crippen MR) is 82.6 cm³/mol. The summed E-state index contributed by atoms with van der Waals surface area (Å²) in [4.78, 5) is 0. The first-order valence-electron chi connectivity index (χ1n) is 6.98. The van der Waals surface area contributed by atoms with Gasteiger partial charge in [0.05, 0.1) is 5.41 Å². The first-order chi connectivity index (χ1) is 10.5. The molecule has 0 unspecified atom stereocenters. The van der Waals surface area contributed by atoms with Gasteiger partial charge >= 0.3 is 0 Å². The van der Waals surface area contributed by atoms with Crippen LogP contribution in [-0.2, 0) is 14.3 Å². The van der Waals surface area contributed by atoms with Gasteiger partial charge in [0, 0.05) is 11.1 Å². The van der Waals surface area contributed by atoms with Crippen molar-refractivity contribution < 1.29 is 17.3 Å². The van der Waals surface area contributed by atoms with Crippen molar-refractivity contribution in [1.82, 2.24) is 0 Å². The summed E-state index contributed by atoms with van der Waals surface area (Å²) in [5.41, 5.74) is 1.22. The van der Waals surface area contributed by atoms with Gasteiger partial charge in [-0.05, 0) is 18.6 Å². The molecule has 2 aromatic rings. The lowest BCUT2D eigenvalue weighted by atomic mass is 9.80. The minimum atomic E-state index is -3.71. The molecule has 0 saturated carbocycles. The van der Waals surface area contributed by atoms with Crippen molar-refractivity contribution in [3.63, 3.8) is 0 Å². The van der Waals surface area contributed by atoms with Gasteiger partial charge in [0.2, 0.25) is 0 Å². The zero-order valence-electron chi connectivity index (χ0n) is 11.9. The monoisotopic (exact) mass is 314 g/mol. The highest BCUT2D eigenvalue weighted by Crippen LogP contribution is 2.53. The summed E-state index contributed by atoms with van der Waals surface area (Å²) in [7, 11) is -3.71. The molecule has 2 aliphatic heterocycles. The van der Waals surface area contributed by atoms with Crippen LogP contribution in [0.1, 0.15) is 24.2 Å². The smallest absolute Gasteiger partial charge is 0.291 e. The molecule has 0 bridgehead atoms. The van der Waals surface area contributed by atoms with Gasteiger partial charge in [-0.1, -0.05) is 48.5 Å². The number of benzene rings is 2. The zero-order valence-corrected chi connectivity index (χ0v) is 12.7. The molecule has 2 aliphatic rings. The van der Waals surface area contributed by atoms with Crippen molar-refractivity contribution in [2.45, 2.75) is 18.6 Å². The fraction of sp³-hybridized carbons (Fsp3) is 0.176. The maximum absolute atomic E-state index is 12.0. The molecule has 0 spiro atoms. The van der Waals surface area contributed by atoms with E-state index in [1.165, 1.54) is 5.41 Å². The van der Waals surface area contributed by atoms with Gasteiger partial charge in [-0.2, -0.15) is 8.42 Å². The summed E-state index contributed by atoms with van der Waals surface area (Å²) in [6.07, 6.45) is -0.521. The summed E-state index contributed by atoms with van der Waals surface area (Å²) in [5, 5.41) is 1.21. The summed E-state index contributed by atoms with van der Waals surface area (Å²) >= 11 is 0. The Balaban J connectivity index is 1.96. The number of fused-ring (bicyclic) bond motifs is 3. The molecule has 0 N–H and O–H groups in total. The van der Waals surface area contributed by atoms with Crippen LogP contribution in [0.2, 0.25) is 0 Å². The van der Waals surface area contributed by atoms with Crippen LogP contribution in [0.25, 0.3) is 5.57 Å². The molecule has 0 aliphatic carbocycles. The minimum absolute atomic E-state index is 0.521. The normalized spacial score (nSPS) is 28.2. The number of hydrogen-bond donors (Lipinski definition) is 0. The third-order valence-corrected chi connectivity index (χ3v) is 5.21. The van der Waals surface area contributed by atoms with Gasteiger partial charge in [0.15, 0.2) is 11.7 Å². The van der Waals surface area contributed by atoms with E-state index >= 15 is 0 Å². The van der Waals surface area contributed by atoms with Crippen molar-refractivity contribution in [2.75, 3.05) is 0 Å². The lowest BCUT2D eigenvalue weighted by Gasteiger charge is -2.39. The molecule has 0 aromatic heterocycles. The average molecular weight is 314 g/mol. The van der Waals surface area contributed by atoms with Gasteiger partial charge in [-0.3, -0.25) is 4.18 Å². The second-order valence-electron chi connectivity index (χ2n) is 5.62. The molecule has 5 heteroatoms. The van der Waals surface area contributed by atoms with E-state index in [9.17, 15) is 8.42 Å². The van der Waals surface area contributed by atoms with Gasteiger partial charge in [0.25, 0.3) is 10.1 Å². The minimum Gasteiger partial charge on any atom is -0.482 e. The molecule has 2 heterocycles. The van der Waals surface area contributed by atoms with Crippen molar-refractivity contribution in [2.24, 2.45) is 0 Å². The fourth-order valence-corrected chi connectivity index (χ4v) is 4.49. The van der Waals surface area contributed by atoms with E-state index in [0.717, 1.165) is 11.1 Å². The second kappa shape index (κ2) is 4.44. The van der Waals surface area contributed by atoms with Crippen molar-refractivity contribution in [1.29, 1.82) is 0 Å². The first kappa shape index (κ1) is 13.5. The van der Waals surface area contributed by atoms with Crippen LogP contribution in [0.3, 0.4) is 0 Å². The van der Waals surface area contributed by atoms with Crippen LogP contribution in [0.15, 0.2) is 60.0 Å². The van der Waals surface area contributed by atoms with E-state index in [-0.39, 0.29) is 0 Å². The van der Waals surface area contributed by atoms with E-state index in [1.54, 1.807) is 6.92 Å². The molecular formula is C17H14O4S. The Hall–Kier alpha value is -2.11. The van der Waals surface area contributed by atoms with Crippen LogP contribution in [0, 0.1) is 0 Å². The Morgan fingerprint density at radius 1 is 1.00 bits per heavy atom. The maximum Gasteiger partial charge on any atom is 0.291 e. The number of hydrogen-bond acceptors (Lipinski definition) is 4. The maximum atomic E-state index is 12.0. The third kappa shape index (κ3) is 1.90. The highest BCUT2D eigenvalue weighted by molar-refractivity contribution is 7.90. The molecule has 0 amide bonds. The van der Waals surface area contributed by atoms with Gasteiger partial charge in [0.1, 0.15) is 5.75 Å². The van der Waals surface area contributed by atoms with E-state index in [0.29, 0.717) is 11.3 Å². The number of rotatable bonds is 1. The van der Waals surface area contributed by atoms with Gasteiger partial charge in [-0.15, -0.1) is 0 Å². The van der Waals surface area contributed by atoms with E-state index in [4.69, 9.17) is 8.92 Å². The Bertz CT molecular complexity index is 871. The molecular weight excluding hydrogens is 300 g/mol. The van der Waals surface area contributed by atoms with Crippen molar-refractivity contribution >= 4 is 15.7 Å². The zero-order chi connectivity index (χ0) is 15.4. The molecule has 112 valence electrons. The van der Waals surface area contributed by atoms with Crippen molar-refractivity contribution in [3.05, 3.63) is 71.1 Å². The van der Waals surface area contributed by atoms with Crippen LogP contribution in [-0.4, -0.2) is 14.0 Å². The second-order valence-corrected chi connectivity index (χ2v) is 7.01. The van der Waals surface area contributed by atoms with Crippen LogP contribution < -0.4 is 4.74 Å². The standard InChI is InChI=1S/C17H14O4S/c1-17-14(11-22(18,19)21-17)13-9-5-6-10-15(13)20-16(17)12-7-3-2-4-8-12/h2-11,16H,1H3/t16-,17+/m0/s1. The summed E-state index contributed by atoms with van der Waals surface area (Å²) in [5.74, 6) is 0.667. The largest absolute Gasteiger partial charge is 0.482 e. The Morgan fingerprint density at radius 3 is 2.45 bits per heavy atom. The van der Waals surface area contributed by atoms with Crippen LogP contribution in [0.5, 0.6) is 5.75 Å². The van der Waals surface area contributed by atoms with Crippen LogP contribution in [0.4, 0.5) is 0 Å². The Kier molecular flexibility index (Phi) is 2.74. The molecule has 0 radical (unpaired) electrons. The van der Waals surface area contributed by atoms with Crippen LogP contribution >= 0.6 is 0 Å². The summed E-state index contributed by atoms with van der Waals surface area (Å²) < 4.78 is 35.6. The molecule has 0 fully saturated rings. The molecule has 4 nitrogen and oxygen atoms in total. The molecule has 2 atom stereocenters. The quantitative estimate of drug-likeness (QED) is 0.758.